The minimum Gasteiger partial charge on any atom is -0.335 e. The highest BCUT2D eigenvalue weighted by Crippen LogP contribution is 2.20. The Morgan fingerprint density at radius 1 is 1.59 bits per heavy atom. The predicted molar refractivity (Wildman–Crippen MR) is 59.1 cm³/mol. The van der Waals surface area contributed by atoms with E-state index in [0.29, 0.717) is 5.95 Å². The number of H-pyrrole nitrogens is 1. The Morgan fingerprint density at radius 2 is 2.53 bits per heavy atom. The van der Waals surface area contributed by atoms with Gasteiger partial charge in [-0.1, -0.05) is 0 Å². The fourth-order valence-corrected chi connectivity index (χ4v) is 2.08. The maximum Gasteiger partial charge on any atom is 0.230 e. The number of carbonyl (C=O) groups is 1. The maximum absolute atomic E-state index is 12.0. The second-order valence-electron chi connectivity index (χ2n) is 4.09. The summed E-state index contributed by atoms with van der Waals surface area (Å²) >= 11 is 0. The Morgan fingerprint density at radius 3 is 3.35 bits per heavy atom. The van der Waals surface area contributed by atoms with Crippen LogP contribution in [0.25, 0.3) is 0 Å². The number of nitrogens with zero attached hydrogens (tertiary/aromatic N) is 4. The minimum atomic E-state index is -0.0238. The number of carbonyl (C=O) groups excluding carboxylic acids is 1. The number of fused-ring (bicyclic) bond motifs is 1. The molecule has 0 spiro atoms. The third-order valence-electron chi connectivity index (χ3n) is 3.00. The number of aromatic amines is 1. The topological polar surface area (TPSA) is 88.5 Å². The third kappa shape index (κ3) is 1.91. The fraction of sp³-hybridized carbons (Fsp3) is 0.400. The van der Waals surface area contributed by atoms with E-state index >= 15 is 0 Å². The first-order valence-corrected chi connectivity index (χ1v) is 5.48. The van der Waals surface area contributed by atoms with Crippen LogP contribution in [-0.4, -0.2) is 30.6 Å². The Kier molecular flexibility index (Phi) is 2.36. The van der Waals surface area contributed by atoms with Crippen LogP contribution in [0.1, 0.15) is 12.1 Å². The van der Waals surface area contributed by atoms with Gasteiger partial charge < -0.3 is 4.57 Å². The molecule has 0 fully saturated rings. The van der Waals surface area contributed by atoms with Crippen molar-refractivity contribution in [2.75, 3.05) is 5.32 Å². The van der Waals surface area contributed by atoms with E-state index in [-0.39, 0.29) is 11.8 Å². The lowest BCUT2D eigenvalue weighted by molar-refractivity contribution is -0.120. The van der Waals surface area contributed by atoms with Crippen molar-refractivity contribution >= 4 is 11.9 Å². The van der Waals surface area contributed by atoms with E-state index in [1.165, 1.54) is 6.33 Å². The largest absolute Gasteiger partial charge is 0.335 e. The van der Waals surface area contributed by atoms with E-state index in [1.807, 2.05) is 6.20 Å². The van der Waals surface area contributed by atoms with Crippen LogP contribution in [0, 0.1) is 5.92 Å². The predicted octanol–water partition coefficient (Wildman–Crippen LogP) is 0.202. The highest BCUT2D eigenvalue weighted by atomic mass is 16.2. The molecular formula is C10H12N6O. The van der Waals surface area contributed by atoms with Crippen molar-refractivity contribution < 1.29 is 4.79 Å². The van der Waals surface area contributed by atoms with E-state index in [2.05, 4.69) is 30.0 Å². The van der Waals surface area contributed by atoms with Gasteiger partial charge in [0.05, 0.1) is 6.33 Å². The first kappa shape index (κ1) is 10.0. The SMILES string of the molecule is O=C(Nc1ncn[nH]1)C1CCn2cncc2C1. The molecule has 1 unspecified atom stereocenters. The molecule has 1 aliphatic heterocycles. The van der Waals surface area contributed by atoms with Gasteiger partial charge in [0, 0.05) is 30.8 Å². The van der Waals surface area contributed by atoms with Crippen LogP contribution >= 0.6 is 0 Å². The van der Waals surface area contributed by atoms with E-state index in [0.717, 1.165) is 25.1 Å². The van der Waals surface area contributed by atoms with Crippen LogP contribution in [0.15, 0.2) is 18.9 Å². The van der Waals surface area contributed by atoms with Crippen LogP contribution < -0.4 is 5.32 Å². The summed E-state index contributed by atoms with van der Waals surface area (Å²) in [6.45, 7) is 0.837. The number of imidazole rings is 1. The highest BCUT2D eigenvalue weighted by molar-refractivity contribution is 5.91. The number of rotatable bonds is 2. The van der Waals surface area contributed by atoms with Crippen molar-refractivity contribution in [3.05, 3.63) is 24.5 Å². The molecule has 0 radical (unpaired) electrons. The van der Waals surface area contributed by atoms with Crippen LogP contribution in [0.4, 0.5) is 5.95 Å². The molecule has 7 nitrogen and oxygen atoms in total. The quantitative estimate of drug-likeness (QED) is 0.774. The zero-order chi connectivity index (χ0) is 11.7. The first-order chi connectivity index (χ1) is 8.33. The summed E-state index contributed by atoms with van der Waals surface area (Å²) in [5, 5.41) is 9.01. The van der Waals surface area contributed by atoms with Gasteiger partial charge in [0.2, 0.25) is 11.9 Å². The number of hydrogen-bond acceptors (Lipinski definition) is 4. The Hall–Kier alpha value is -2.18. The molecule has 0 saturated carbocycles. The standard InChI is InChI=1S/C10H12N6O/c17-9(14-10-12-5-13-15-10)7-1-2-16-6-11-4-8(16)3-7/h4-7H,1-3H2,(H2,12,13,14,15,17). The molecule has 3 heterocycles. The third-order valence-corrected chi connectivity index (χ3v) is 3.00. The number of aryl methyl sites for hydroxylation is 1. The van der Waals surface area contributed by atoms with E-state index in [4.69, 9.17) is 0 Å². The molecular weight excluding hydrogens is 220 g/mol. The van der Waals surface area contributed by atoms with Crippen molar-refractivity contribution in [3.8, 4) is 0 Å². The first-order valence-electron chi connectivity index (χ1n) is 5.48. The average Bonchev–Trinajstić information content (AvgIpc) is 2.97. The molecule has 88 valence electrons. The van der Waals surface area contributed by atoms with Crippen LogP contribution in [0.3, 0.4) is 0 Å². The molecule has 1 atom stereocenters. The average molecular weight is 232 g/mol. The van der Waals surface area contributed by atoms with Gasteiger partial charge in [0.25, 0.3) is 0 Å². The summed E-state index contributed by atoms with van der Waals surface area (Å²) in [5.41, 5.74) is 1.11. The van der Waals surface area contributed by atoms with Crippen molar-refractivity contribution in [2.45, 2.75) is 19.4 Å². The van der Waals surface area contributed by atoms with Gasteiger partial charge in [-0.15, -0.1) is 0 Å². The number of aromatic nitrogens is 5. The second-order valence-corrected chi connectivity index (χ2v) is 4.09. The maximum atomic E-state index is 12.0. The summed E-state index contributed by atoms with van der Waals surface area (Å²) in [5.74, 6) is 0.354. The number of hydrogen-bond donors (Lipinski definition) is 2. The number of anilines is 1. The van der Waals surface area contributed by atoms with Crippen molar-refractivity contribution in [3.63, 3.8) is 0 Å². The van der Waals surface area contributed by atoms with E-state index in [9.17, 15) is 4.79 Å². The molecule has 0 aliphatic carbocycles. The van der Waals surface area contributed by atoms with Gasteiger partial charge in [-0.05, 0) is 6.42 Å². The second kappa shape index (κ2) is 4.00. The van der Waals surface area contributed by atoms with E-state index in [1.54, 1.807) is 6.33 Å². The van der Waals surface area contributed by atoms with Crippen molar-refractivity contribution in [1.82, 2.24) is 24.7 Å². The molecule has 0 bridgehead atoms. The fourth-order valence-electron chi connectivity index (χ4n) is 2.08. The minimum absolute atomic E-state index is 0.0193. The Labute approximate surface area is 97.3 Å². The van der Waals surface area contributed by atoms with Gasteiger partial charge in [0.15, 0.2) is 0 Å². The van der Waals surface area contributed by atoms with Gasteiger partial charge >= 0.3 is 0 Å². The van der Waals surface area contributed by atoms with Gasteiger partial charge in [-0.3, -0.25) is 10.1 Å². The lowest BCUT2D eigenvalue weighted by atomic mass is 9.95. The zero-order valence-electron chi connectivity index (χ0n) is 9.13. The van der Waals surface area contributed by atoms with E-state index < -0.39 is 0 Å². The van der Waals surface area contributed by atoms with Crippen molar-refractivity contribution in [1.29, 1.82) is 0 Å². The van der Waals surface area contributed by atoms with Gasteiger partial charge in [-0.25, -0.2) is 10.1 Å². The molecule has 7 heteroatoms. The Bertz CT molecular complexity index is 517. The summed E-state index contributed by atoms with van der Waals surface area (Å²) < 4.78 is 2.08. The monoisotopic (exact) mass is 232 g/mol. The lowest BCUT2D eigenvalue weighted by Crippen LogP contribution is -2.30. The van der Waals surface area contributed by atoms with Gasteiger partial charge in [-0.2, -0.15) is 10.1 Å². The smallest absolute Gasteiger partial charge is 0.230 e. The summed E-state index contributed by atoms with van der Waals surface area (Å²) in [7, 11) is 0. The summed E-state index contributed by atoms with van der Waals surface area (Å²) in [4.78, 5) is 19.9. The highest BCUT2D eigenvalue weighted by Gasteiger charge is 2.25. The molecule has 2 aromatic heterocycles. The molecule has 17 heavy (non-hydrogen) atoms. The van der Waals surface area contributed by atoms with Crippen LogP contribution in [0.5, 0.6) is 0 Å². The summed E-state index contributed by atoms with van der Waals surface area (Å²) in [6, 6.07) is 0. The van der Waals surface area contributed by atoms with Crippen LogP contribution in [-0.2, 0) is 17.8 Å². The molecule has 1 amide bonds. The van der Waals surface area contributed by atoms with Gasteiger partial charge in [0.1, 0.15) is 6.33 Å². The summed E-state index contributed by atoms with van der Waals surface area (Å²) in [6.07, 6.45) is 6.53. The van der Waals surface area contributed by atoms with Crippen LogP contribution in [0.2, 0.25) is 0 Å². The molecule has 1 aliphatic rings. The zero-order valence-corrected chi connectivity index (χ0v) is 9.13. The molecule has 3 rings (SSSR count). The number of nitrogens with one attached hydrogen (secondary N) is 2. The number of amides is 1. The lowest BCUT2D eigenvalue weighted by Gasteiger charge is -2.22. The van der Waals surface area contributed by atoms with Crippen molar-refractivity contribution in [2.24, 2.45) is 5.92 Å². The Balaban J connectivity index is 1.68. The molecule has 0 aromatic carbocycles. The molecule has 0 saturated heterocycles. The molecule has 2 aromatic rings. The molecule has 2 N–H and O–H groups in total. The normalized spacial score (nSPS) is 18.7.